The van der Waals surface area contributed by atoms with Crippen LogP contribution in [0.25, 0.3) is 5.69 Å². The fourth-order valence-corrected chi connectivity index (χ4v) is 4.47. The van der Waals surface area contributed by atoms with Crippen molar-refractivity contribution in [3.63, 3.8) is 0 Å². The Hall–Kier alpha value is -3.64. The summed E-state index contributed by atoms with van der Waals surface area (Å²) in [5.41, 5.74) is 4.12. The first kappa shape index (κ1) is 19.3. The molecule has 4 aromatic rings. The summed E-state index contributed by atoms with van der Waals surface area (Å²) >= 11 is 5.81. The van der Waals surface area contributed by atoms with Crippen molar-refractivity contribution in [3.8, 4) is 11.4 Å². The number of methoxy groups -OCH3 is 1. The number of para-hydroxylation sites is 3. The van der Waals surface area contributed by atoms with Gasteiger partial charge in [-0.2, -0.15) is 0 Å². The Morgan fingerprint density at radius 3 is 2.48 bits per heavy atom. The second-order valence-electron chi connectivity index (χ2n) is 7.36. The Labute approximate surface area is 186 Å². The van der Waals surface area contributed by atoms with Gasteiger partial charge in [-0.15, -0.1) is 0 Å². The van der Waals surface area contributed by atoms with Gasteiger partial charge in [0.05, 0.1) is 30.6 Å². The molecule has 2 atom stereocenters. The summed E-state index contributed by atoms with van der Waals surface area (Å²) in [6.07, 6.45) is 6.06. The van der Waals surface area contributed by atoms with Gasteiger partial charge in [-0.05, 0) is 60.2 Å². The van der Waals surface area contributed by atoms with Crippen molar-refractivity contribution < 1.29 is 4.74 Å². The van der Waals surface area contributed by atoms with E-state index < -0.39 is 0 Å². The smallest absolute Gasteiger partial charge is 0.174 e. The first-order valence-corrected chi connectivity index (χ1v) is 10.5. The second-order valence-corrected chi connectivity index (χ2v) is 7.74. The first-order chi connectivity index (χ1) is 15.3. The van der Waals surface area contributed by atoms with Crippen LogP contribution >= 0.6 is 12.2 Å². The van der Waals surface area contributed by atoms with Crippen LogP contribution in [-0.2, 0) is 0 Å². The van der Waals surface area contributed by atoms with Crippen LogP contribution < -0.4 is 15.0 Å². The van der Waals surface area contributed by atoms with E-state index in [9.17, 15) is 0 Å². The number of nitrogens with zero attached hydrogens (tertiary/aromatic N) is 3. The molecule has 1 N–H and O–H groups in total. The van der Waals surface area contributed by atoms with Crippen LogP contribution in [0.4, 0.5) is 5.69 Å². The zero-order valence-corrected chi connectivity index (χ0v) is 17.9. The van der Waals surface area contributed by atoms with Crippen LogP contribution in [0.15, 0.2) is 97.5 Å². The van der Waals surface area contributed by atoms with E-state index in [1.807, 2.05) is 66.9 Å². The van der Waals surface area contributed by atoms with Gasteiger partial charge in [-0.1, -0.05) is 36.4 Å². The Bertz CT molecular complexity index is 1190. The molecule has 0 amide bonds. The average Bonchev–Trinajstić information content (AvgIpc) is 3.45. The van der Waals surface area contributed by atoms with E-state index in [-0.39, 0.29) is 12.1 Å². The topological polar surface area (TPSA) is 42.3 Å². The Morgan fingerprint density at radius 2 is 1.71 bits per heavy atom. The van der Waals surface area contributed by atoms with Gasteiger partial charge in [-0.25, -0.2) is 0 Å². The van der Waals surface area contributed by atoms with Crippen LogP contribution in [0.2, 0.25) is 0 Å². The predicted molar refractivity (Wildman–Crippen MR) is 127 cm³/mol. The lowest BCUT2D eigenvalue weighted by Crippen LogP contribution is -2.29. The third-order valence-electron chi connectivity index (χ3n) is 5.55. The molecular weight excluding hydrogens is 404 g/mol. The number of thiocarbonyl (C=S) groups is 1. The van der Waals surface area contributed by atoms with Gasteiger partial charge in [0.15, 0.2) is 5.11 Å². The Morgan fingerprint density at radius 1 is 0.935 bits per heavy atom. The molecule has 0 saturated carbocycles. The zero-order valence-electron chi connectivity index (χ0n) is 17.1. The van der Waals surface area contributed by atoms with Crippen LogP contribution in [0.3, 0.4) is 0 Å². The molecule has 1 aliphatic rings. The molecule has 2 aromatic carbocycles. The van der Waals surface area contributed by atoms with E-state index in [0.29, 0.717) is 5.11 Å². The van der Waals surface area contributed by atoms with Gasteiger partial charge in [0.1, 0.15) is 5.75 Å². The lowest BCUT2D eigenvalue weighted by atomic mass is 9.98. The molecule has 5 nitrogen and oxygen atoms in total. The second kappa shape index (κ2) is 8.24. The number of hydrogen-bond acceptors (Lipinski definition) is 3. The van der Waals surface area contributed by atoms with E-state index in [1.165, 1.54) is 0 Å². The summed E-state index contributed by atoms with van der Waals surface area (Å²) in [5, 5.41) is 4.15. The van der Waals surface area contributed by atoms with Crippen molar-refractivity contribution in [1.29, 1.82) is 0 Å². The maximum Gasteiger partial charge on any atom is 0.174 e. The molecule has 0 unspecified atom stereocenters. The van der Waals surface area contributed by atoms with Crippen molar-refractivity contribution in [2.45, 2.75) is 12.1 Å². The van der Waals surface area contributed by atoms with E-state index in [0.717, 1.165) is 28.4 Å². The molecule has 0 aliphatic carbocycles. The van der Waals surface area contributed by atoms with Crippen molar-refractivity contribution in [2.24, 2.45) is 0 Å². The summed E-state index contributed by atoms with van der Waals surface area (Å²) in [6, 6.07) is 26.2. The highest BCUT2D eigenvalue weighted by Crippen LogP contribution is 2.44. The minimum Gasteiger partial charge on any atom is -0.495 e. The molecule has 1 saturated heterocycles. The summed E-state index contributed by atoms with van der Waals surface area (Å²) in [6.45, 7) is 0. The standard InChI is InChI=1S/C25H22N4OS/c1-30-22-13-6-5-12-21(22)29-24(23(27-25(29)31)20-11-7-8-15-26-20)18-14-16-28(17-18)19-9-3-2-4-10-19/h2-17,23-24H,1H3,(H,27,31)/t23-,24-/m0/s1. The van der Waals surface area contributed by atoms with E-state index in [2.05, 4.69) is 50.4 Å². The number of nitrogens with one attached hydrogen (secondary N) is 1. The van der Waals surface area contributed by atoms with E-state index in [1.54, 1.807) is 7.11 Å². The largest absolute Gasteiger partial charge is 0.495 e. The van der Waals surface area contributed by atoms with E-state index in [4.69, 9.17) is 17.0 Å². The van der Waals surface area contributed by atoms with Crippen LogP contribution in [0.5, 0.6) is 5.75 Å². The Balaban J connectivity index is 1.63. The Kier molecular flexibility index (Phi) is 5.14. The highest BCUT2D eigenvalue weighted by Gasteiger charge is 2.42. The number of anilines is 1. The van der Waals surface area contributed by atoms with Gasteiger partial charge >= 0.3 is 0 Å². The number of benzene rings is 2. The molecule has 1 aliphatic heterocycles. The molecular formula is C25H22N4OS. The van der Waals surface area contributed by atoms with Gasteiger partial charge in [0.25, 0.3) is 0 Å². The minimum absolute atomic E-state index is 0.0799. The van der Waals surface area contributed by atoms with Crippen molar-refractivity contribution in [2.75, 3.05) is 12.0 Å². The maximum absolute atomic E-state index is 5.81. The zero-order chi connectivity index (χ0) is 21.2. The van der Waals surface area contributed by atoms with Gasteiger partial charge in [-0.3, -0.25) is 4.98 Å². The highest BCUT2D eigenvalue weighted by molar-refractivity contribution is 7.80. The monoisotopic (exact) mass is 426 g/mol. The molecule has 2 aromatic heterocycles. The molecule has 0 radical (unpaired) electrons. The molecule has 0 spiro atoms. The van der Waals surface area contributed by atoms with Crippen LogP contribution in [-0.4, -0.2) is 21.8 Å². The summed E-state index contributed by atoms with van der Waals surface area (Å²) < 4.78 is 7.79. The molecule has 1 fully saturated rings. The lowest BCUT2D eigenvalue weighted by molar-refractivity contribution is 0.414. The van der Waals surface area contributed by atoms with Crippen molar-refractivity contribution >= 4 is 23.0 Å². The molecule has 31 heavy (non-hydrogen) atoms. The molecule has 154 valence electrons. The third-order valence-corrected chi connectivity index (χ3v) is 5.87. The maximum atomic E-state index is 5.81. The normalized spacial score (nSPS) is 18.1. The van der Waals surface area contributed by atoms with Crippen LogP contribution in [0.1, 0.15) is 23.3 Å². The molecule has 0 bridgehead atoms. The molecule has 6 heteroatoms. The van der Waals surface area contributed by atoms with Crippen molar-refractivity contribution in [3.05, 3.63) is 109 Å². The number of ether oxygens (including phenoxy) is 1. The molecule has 3 heterocycles. The van der Waals surface area contributed by atoms with Crippen molar-refractivity contribution in [1.82, 2.24) is 14.9 Å². The number of pyridine rings is 1. The lowest BCUT2D eigenvalue weighted by Gasteiger charge is -2.28. The highest BCUT2D eigenvalue weighted by atomic mass is 32.1. The number of hydrogen-bond donors (Lipinski definition) is 1. The van der Waals surface area contributed by atoms with Gasteiger partial charge in [0.2, 0.25) is 0 Å². The summed E-state index contributed by atoms with van der Waals surface area (Å²) in [5.74, 6) is 0.779. The fourth-order valence-electron chi connectivity index (χ4n) is 4.13. The minimum atomic E-state index is -0.0924. The van der Waals surface area contributed by atoms with E-state index >= 15 is 0 Å². The average molecular weight is 427 g/mol. The number of rotatable bonds is 5. The SMILES string of the molecule is COc1ccccc1N1C(=S)N[C@@H](c2ccccn2)[C@@H]1c1ccn(-c2ccccc2)c1. The van der Waals surface area contributed by atoms with Crippen LogP contribution in [0, 0.1) is 0 Å². The number of aromatic nitrogens is 2. The summed E-state index contributed by atoms with van der Waals surface area (Å²) in [4.78, 5) is 6.76. The predicted octanol–water partition coefficient (Wildman–Crippen LogP) is 5.06. The fraction of sp³-hybridized carbons (Fsp3) is 0.120. The summed E-state index contributed by atoms with van der Waals surface area (Å²) in [7, 11) is 1.68. The molecule has 5 rings (SSSR count). The first-order valence-electron chi connectivity index (χ1n) is 10.1. The quantitative estimate of drug-likeness (QED) is 0.452. The third kappa shape index (κ3) is 3.55. The van der Waals surface area contributed by atoms with Gasteiger partial charge < -0.3 is 19.5 Å². The van der Waals surface area contributed by atoms with Gasteiger partial charge in [0, 0.05) is 24.3 Å².